The molecule has 5 heteroatoms. The van der Waals surface area contributed by atoms with E-state index < -0.39 is 0 Å². The highest BCUT2D eigenvalue weighted by Crippen LogP contribution is 2.21. The molecule has 20 heavy (non-hydrogen) atoms. The second-order valence-electron chi connectivity index (χ2n) is 4.45. The number of nitrogens with two attached hydrogens (primary N) is 1. The summed E-state index contributed by atoms with van der Waals surface area (Å²) in [5, 5.41) is 0. The van der Waals surface area contributed by atoms with Crippen LogP contribution in [0.2, 0.25) is 0 Å². The minimum Gasteiger partial charge on any atom is -0.323 e. The van der Waals surface area contributed by atoms with E-state index in [4.69, 9.17) is 5.84 Å². The first-order valence-electron chi connectivity index (χ1n) is 6.46. The molecule has 1 aromatic carbocycles. The summed E-state index contributed by atoms with van der Waals surface area (Å²) < 4.78 is 0. The summed E-state index contributed by atoms with van der Waals surface area (Å²) in [6.45, 7) is 4.51. The zero-order valence-electron chi connectivity index (χ0n) is 11.6. The molecule has 5 nitrogen and oxygen atoms in total. The van der Waals surface area contributed by atoms with Crippen molar-refractivity contribution in [3.63, 3.8) is 0 Å². The van der Waals surface area contributed by atoms with Crippen molar-refractivity contribution in [2.24, 2.45) is 5.84 Å². The Morgan fingerprint density at radius 2 is 2.20 bits per heavy atom. The average molecular weight is 270 g/mol. The number of aryl methyl sites for hydroxylation is 1. The highest BCUT2D eigenvalue weighted by molar-refractivity contribution is 6.09. The van der Waals surface area contributed by atoms with Gasteiger partial charge in [0.2, 0.25) is 0 Å². The molecule has 0 bridgehead atoms. The van der Waals surface area contributed by atoms with Gasteiger partial charge in [-0.25, -0.2) is 0 Å². The quantitative estimate of drug-likeness (QED) is 0.661. The largest absolute Gasteiger partial charge is 0.323 e. The maximum absolute atomic E-state index is 12.7. The standard InChI is InChI=1S/C15H18N4O/c1-3-19(12-6-4-5-11(2)9-12)15(20)13-10-17-8-7-14(13)18-16/h4-10H,3,16H2,1-2H3,(H,17,18). The first-order chi connectivity index (χ1) is 9.67. The Labute approximate surface area is 118 Å². The zero-order valence-corrected chi connectivity index (χ0v) is 11.6. The number of hydrogen-bond acceptors (Lipinski definition) is 4. The Kier molecular flexibility index (Phi) is 4.32. The molecule has 0 aliphatic rings. The van der Waals surface area contributed by atoms with Gasteiger partial charge in [0.1, 0.15) is 0 Å². The summed E-state index contributed by atoms with van der Waals surface area (Å²) in [5.74, 6) is 5.32. The van der Waals surface area contributed by atoms with Crippen molar-refractivity contribution < 1.29 is 4.79 Å². The fraction of sp³-hybridized carbons (Fsp3) is 0.200. The van der Waals surface area contributed by atoms with Crippen LogP contribution >= 0.6 is 0 Å². The average Bonchev–Trinajstić information content (AvgIpc) is 2.48. The van der Waals surface area contributed by atoms with Gasteiger partial charge in [-0.2, -0.15) is 0 Å². The fourth-order valence-corrected chi connectivity index (χ4v) is 2.08. The van der Waals surface area contributed by atoms with Crippen LogP contribution in [0.25, 0.3) is 0 Å². The number of amides is 1. The van der Waals surface area contributed by atoms with Crippen LogP contribution < -0.4 is 16.2 Å². The fourth-order valence-electron chi connectivity index (χ4n) is 2.08. The molecule has 0 saturated carbocycles. The van der Waals surface area contributed by atoms with Crippen molar-refractivity contribution in [2.75, 3.05) is 16.9 Å². The third kappa shape index (κ3) is 2.78. The molecular formula is C15H18N4O. The molecule has 1 amide bonds. The van der Waals surface area contributed by atoms with Crippen molar-refractivity contribution in [1.82, 2.24) is 4.98 Å². The van der Waals surface area contributed by atoms with E-state index in [9.17, 15) is 4.79 Å². The highest BCUT2D eigenvalue weighted by atomic mass is 16.2. The number of nitrogen functional groups attached to an aromatic ring is 1. The number of nitrogens with one attached hydrogen (secondary N) is 1. The van der Waals surface area contributed by atoms with Gasteiger partial charge in [0.05, 0.1) is 11.3 Å². The van der Waals surface area contributed by atoms with Crippen molar-refractivity contribution in [2.45, 2.75) is 13.8 Å². The summed E-state index contributed by atoms with van der Waals surface area (Å²) in [4.78, 5) is 18.4. The maximum atomic E-state index is 12.7. The number of carbonyl (C=O) groups is 1. The Morgan fingerprint density at radius 3 is 2.85 bits per heavy atom. The molecule has 0 atom stereocenters. The molecule has 2 rings (SSSR count). The molecule has 1 heterocycles. The lowest BCUT2D eigenvalue weighted by Gasteiger charge is -2.22. The number of carbonyl (C=O) groups excluding carboxylic acids is 1. The molecular weight excluding hydrogens is 252 g/mol. The van der Waals surface area contributed by atoms with Gasteiger partial charge < -0.3 is 10.3 Å². The zero-order chi connectivity index (χ0) is 14.5. The maximum Gasteiger partial charge on any atom is 0.261 e. The minimum atomic E-state index is -0.126. The topological polar surface area (TPSA) is 71.2 Å². The van der Waals surface area contributed by atoms with E-state index in [1.165, 1.54) is 6.20 Å². The van der Waals surface area contributed by atoms with Crippen molar-refractivity contribution in [1.29, 1.82) is 0 Å². The van der Waals surface area contributed by atoms with Crippen LogP contribution in [0.3, 0.4) is 0 Å². The SMILES string of the molecule is CCN(C(=O)c1cnccc1NN)c1cccc(C)c1. The molecule has 0 fully saturated rings. The van der Waals surface area contributed by atoms with Crippen molar-refractivity contribution in [3.05, 3.63) is 53.9 Å². The van der Waals surface area contributed by atoms with E-state index >= 15 is 0 Å². The van der Waals surface area contributed by atoms with Crippen LogP contribution in [-0.2, 0) is 0 Å². The Balaban J connectivity index is 2.39. The summed E-state index contributed by atoms with van der Waals surface area (Å²) in [7, 11) is 0. The Bertz CT molecular complexity index is 612. The molecule has 1 aromatic heterocycles. The summed E-state index contributed by atoms with van der Waals surface area (Å²) in [5.41, 5.74) is 5.53. The van der Waals surface area contributed by atoms with E-state index in [2.05, 4.69) is 10.4 Å². The lowest BCUT2D eigenvalue weighted by Crippen LogP contribution is -2.31. The number of hydrogen-bond donors (Lipinski definition) is 2. The van der Waals surface area contributed by atoms with Gasteiger partial charge in [0, 0.05) is 24.6 Å². The number of pyridine rings is 1. The van der Waals surface area contributed by atoms with Crippen LogP contribution in [0.15, 0.2) is 42.7 Å². The summed E-state index contributed by atoms with van der Waals surface area (Å²) in [6.07, 6.45) is 3.12. The van der Waals surface area contributed by atoms with Gasteiger partial charge in [-0.05, 0) is 37.6 Å². The number of hydrazine groups is 1. The first-order valence-corrected chi connectivity index (χ1v) is 6.46. The monoisotopic (exact) mass is 270 g/mol. The van der Waals surface area contributed by atoms with E-state index in [0.717, 1.165) is 11.3 Å². The molecule has 0 spiro atoms. The molecule has 0 aliphatic carbocycles. The summed E-state index contributed by atoms with van der Waals surface area (Å²) >= 11 is 0. The second kappa shape index (κ2) is 6.16. The molecule has 0 unspecified atom stereocenters. The second-order valence-corrected chi connectivity index (χ2v) is 4.45. The van der Waals surface area contributed by atoms with Crippen LogP contribution in [-0.4, -0.2) is 17.4 Å². The van der Waals surface area contributed by atoms with E-state index in [-0.39, 0.29) is 5.91 Å². The normalized spacial score (nSPS) is 10.2. The molecule has 0 saturated heterocycles. The van der Waals surface area contributed by atoms with E-state index in [1.54, 1.807) is 17.2 Å². The van der Waals surface area contributed by atoms with Gasteiger partial charge in [-0.3, -0.25) is 15.6 Å². The molecule has 2 aromatic rings. The van der Waals surface area contributed by atoms with Gasteiger partial charge >= 0.3 is 0 Å². The van der Waals surface area contributed by atoms with Crippen LogP contribution in [0, 0.1) is 6.92 Å². The van der Waals surface area contributed by atoms with Gasteiger partial charge in [0.15, 0.2) is 0 Å². The number of anilines is 2. The number of nitrogens with zero attached hydrogens (tertiary/aromatic N) is 2. The Morgan fingerprint density at radius 1 is 1.40 bits per heavy atom. The number of benzene rings is 1. The lowest BCUT2D eigenvalue weighted by molar-refractivity contribution is 0.0988. The summed E-state index contributed by atoms with van der Waals surface area (Å²) in [6, 6.07) is 9.51. The van der Waals surface area contributed by atoms with Crippen molar-refractivity contribution >= 4 is 17.3 Å². The lowest BCUT2D eigenvalue weighted by atomic mass is 10.1. The first kappa shape index (κ1) is 14.0. The van der Waals surface area contributed by atoms with Gasteiger partial charge in [0.25, 0.3) is 5.91 Å². The highest BCUT2D eigenvalue weighted by Gasteiger charge is 2.19. The minimum absolute atomic E-state index is 0.126. The van der Waals surface area contributed by atoms with E-state index in [1.807, 2.05) is 38.1 Å². The number of aromatic nitrogens is 1. The predicted molar refractivity (Wildman–Crippen MR) is 80.6 cm³/mol. The smallest absolute Gasteiger partial charge is 0.261 e. The molecule has 3 N–H and O–H groups in total. The third-order valence-corrected chi connectivity index (χ3v) is 3.08. The van der Waals surface area contributed by atoms with Crippen molar-refractivity contribution in [3.8, 4) is 0 Å². The Hall–Kier alpha value is -2.40. The molecule has 0 radical (unpaired) electrons. The molecule has 104 valence electrons. The van der Waals surface area contributed by atoms with E-state index in [0.29, 0.717) is 17.8 Å². The third-order valence-electron chi connectivity index (χ3n) is 3.08. The van der Waals surface area contributed by atoms with Gasteiger partial charge in [-0.1, -0.05) is 12.1 Å². The van der Waals surface area contributed by atoms with Gasteiger partial charge in [-0.15, -0.1) is 0 Å². The predicted octanol–water partition coefficient (Wildman–Crippen LogP) is 2.34. The van der Waals surface area contributed by atoms with Crippen LogP contribution in [0.5, 0.6) is 0 Å². The van der Waals surface area contributed by atoms with Crippen LogP contribution in [0.1, 0.15) is 22.8 Å². The molecule has 0 aliphatic heterocycles. The number of rotatable bonds is 4. The van der Waals surface area contributed by atoms with Crippen LogP contribution in [0.4, 0.5) is 11.4 Å².